The molecule has 1 aliphatic heterocycles. The molecule has 2 unspecified atom stereocenters. The molecule has 0 aromatic rings. The van der Waals surface area contributed by atoms with Crippen LogP contribution < -0.4 is 5.32 Å². The first kappa shape index (κ1) is 14.4. The Morgan fingerprint density at radius 1 is 1.15 bits per heavy atom. The molecular formula is C17H30N2O. The van der Waals surface area contributed by atoms with E-state index in [1.807, 2.05) is 0 Å². The Morgan fingerprint density at radius 2 is 1.80 bits per heavy atom. The van der Waals surface area contributed by atoms with Gasteiger partial charge in [0.25, 0.3) is 0 Å². The van der Waals surface area contributed by atoms with Crippen molar-refractivity contribution in [2.45, 2.75) is 90.4 Å². The molecule has 1 spiro atoms. The second-order valence-electron chi connectivity index (χ2n) is 8.23. The molecule has 2 saturated carbocycles. The highest BCUT2D eigenvalue weighted by atomic mass is 16.2. The van der Waals surface area contributed by atoms with Crippen LogP contribution in [0, 0.1) is 11.3 Å². The molecule has 3 nitrogen and oxygen atoms in total. The number of hydrogen-bond acceptors (Lipinski definition) is 2. The molecule has 0 aromatic heterocycles. The van der Waals surface area contributed by atoms with Gasteiger partial charge in [-0.05, 0) is 37.0 Å². The van der Waals surface area contributed by atoms with Crippen molar-refractivity contribution in [1.29, 1.82) is 0 Å². The minimum Gasteiger partial charge on any atom is -0.322 e. The second kappa shape index (κ2) is 4.72. The molecule has 1 saturated heterocycles. The lowest BCUT2D eigenvalue weighted by Crippen LogP contribution is -2.51. The van der Waals surface area contributed by atoms with Crippen LogP contribution in [0.15, 0.2) is 0 Å². The molecule has 3 rings (SSSR count). The lowest BCUT2D eigenvalue weighted by molar-refractivity contribution is -0.137. The van der Waals surface area contributed by atoms with Crippen LogP contribution >= 0.6 is 0 Å². The van der Waals surface area contributed by atoms with Gasteiger partial charge in [-0.15, -0.1) is 0 Å². The maximum absolute atomic E-state index is 13.2. The fourth-order valence-corrected chi connectivity index (χ4v) is 4.77. The van der Waals surface area contributed by atoms with E-state index in [2.05, 4.69) is 37.9 Å². The predicted octanol–water partition coefficient (Wildman–Crippen LogP) is 3.29. The molecule has 2 aliphatic carbocycles. The zero-order chi connectivity index (χ0) is 14.5. The van der Waals surface area contributed by atoms with Crippen molar-refractivity contribution < 1.29 is 4.79 Å². The smallest absolute Gasteiger partial charge is 0.244 e. The van der Waals surface area contributed by atoms with Crippen molar-refractivity contribution >= 4 is 5.91 Å². The molecular weight excluding hydrogens is 248 g/mol. The summed E-state index contributed by atoms with van der Waals surface area (Å²) in [5, 5.41) is 3.76. The molecule has 3 heteroatoms. The van der Waals surface area contributed by atoms with Gasteiger partial charge in [0.2, 0.25) is 5.91 Å². The highest BCUT2D eigenvalue weighted by Crippen LogP contribution is 2.46. The normalized spacial score (nSPS) is 35.6. The summed E-state index contributed by atoms with van der Waals surface area (Å²) >= 11 is 0. The fourth-order valence-electron chi connectivity index (χ4n) is 4.77. The van der Waals surface area contributed by atoms with Crippen molar-refractivity contribution in [3.63, 3.8) is 0 Å². The molecule has 2 atom stereocenters. The Balaban J connectivity index is 1.92. The Labute approximate surface area is 123 Å². The van der Waals surface area contributed by atoms with Crippen molar-refractivity contribution in [2.24, 2.45) is 11.3 Å². The van der Waals surface area contributed by atoms with Gasteiger partial charge in [0, 0.05) is 6.04 Å². The highest BCUT2D eigenvalue weighted by Gasteiger charge is 2.57. The zero-order valence-corrected chi connectivity index (χ0v) is 13.5. The largest absolute Gasteiger partial charge is 0.322 e. The Bertz CT molecular complexity index is 396. The first-order valence-corrected chi connectivity index (χ1v) is 8.48. The van der Waals surface area contributed by atoms with Crippen molar-refractivity contribution in [3.8, 4) is 0 Å². The Hall–Kier alpha value is -0.570. The number of hydrogen-bond donors (Lipinski definition) is 1. The van der Waals surface area contributed by atoms with Crippen LogP contribution in [-0.2, 0) is 4.79 Å². The van der Waals surface area contributed by atoms with E-state index in [1.54, 1.807) is 0 Å². The minimum atomic E-state index is -0.215. The van der Waals surface area contributed by atoms with Gasteiger partial charge in [0.05, 0.1) is 11.7 Å². The summed E-state index contributed by atoms with van der Waals surface area (Å²) in [6, 6.07) is 0.426. The Kier molecular flexibility index (Phi) is 3.39. The van der Waals surface area contributed by atoms with Gasteiger partial charge < -0.3 is 4.90 Å². The van der Waals surface area contributed by atoms with Crippen LogP contribution in [0.5, 0.6) is 0 Å². The molecule has 3 aliphatic rings. The topological polar surface area (TPSA) is 32.3 Å². The molecule has 1 amide bonds. The minimum absolute atomic E-state index is 0.215. The van der Waals surface area contributed by atoms with Gasteiger partial charge in [-0.2, -0.15) is 0 Å². The summed E-state index contributed by atoms with van der Waals surface area (Å²) in [6.45, 7) is 9.17. The van der Waals surface area contributed by atoms with E-state index < -0.39 is 0 Å². The van der Waals surface area contributed by atoms with Crippen LogP contribution in [0.3, 0.4) is 0 Å². The number of carbonyl (C=O) groups is 1. The molecule has 1 heterocycles. The summed E-state index contributed by atoms with van der Waals surface area (Å²) in [5.41, 5.74) is 0.0578. The molecule has 0 bridgehead atoms. The molecule has 0 aromatic carbocycles. The lowest BCUT2D eigenvalue weighted by Gasteiger charge is -2.39. The third-order valence-electron chi connectivity index (χ3n) is 5.99. The summed E-state index contributed by atoms with van der Waals surface area (Å²) < 4.78 is 0. The monoisotopic (exact) mass is 278 g/mol. The average Bonchev–Trinajstić information content (AvgIpc) is 3.02. The maximum atomic E-state index is 13.2. The van der Waals surface area contributed by atoms with Crippen molar-refractivity contribution in [1.82, 2.24) is 10.2 Å². The molecule has 0 radical (unpaired) electrons. The highest BCUT2D eigenvalue weighted by molar-refractivity contribution is 5.89. The van der Waals surface area contributed by atoms with Crippen LogP contribution in [-0.4, -0.2) is 28.6 Å². The molecule has 20 heavy (non-hydrogen) atoms. The quantitative estimate of drug-likeness (QED) is 0.840. The van der Waals surface area contributed by atoms with E-state index in [1.165, 1.54) is 32.1 Å². The second-order valence-corrected chi connectivity index (χ2v) is 8.23. The van der Waals surface area contributed by atoms with Gasteiger partial charge in [-0.3, -0.25) is 10.1 Å². The summed E-state index contributed by atoms with van der Waals surface area (Å²) in [7, 11) is 0. The van der Waals surface area contributed by atoms with E-state index in [0.29, 0.717) is 17.9 Å². The van der Waals surface area contributed by atoms with E-state index in [9.17, 15) is 4.79 Å². The van der Waals surface area contributed by atoms with E-state index in [4.69, 9.17) is 0 Å². The van der Waals surface area contributed by atoms with E-state index >= 15 is 0 Å². The van der Waals surface area contributed by atoms with Gasteiger partial charge in [-0.25, -0.2) is 0 Å². The van der Waals surface area contributed by atoms with Gasteiger partial charge in [-0.1, -0.05) is 47.0 Å². The number of amides is 1. The summed E-state index contributed by atoms with van der Waals surface area (Å²) in [6.07, 6.45) is 8.41. The Morgan fingerprint density at radius 3 is 2.30 bits per heavy atom. The number of nitrogens with one attached hydrogen (secondary N) is 1. The van der Waals surface area contributed by atoms with Crippen LogP contribution in [0.2, 0.25) is 0 Å². The number of carbonyl (C=O) groups excluding carboxylic acids is 1. The van der Waals surface area contributed by atoms with Crippen LogP contribution in [0.25, 0.3) is 0 Å². The average molecular weight is 278 g/mol. The van der Waals surface area contributed by atoms with Crippen LogP contribution in [0.1, 0.15) is 72.6 Å². The van der Waals surface area contributed by atoms with Gasteiger partial charge in [0.15, 0.2) is 0 Å². The third kappa shape index (κ3) is 2.01. The van der Waals surface area contributed by atoms with Crippen LogP contribution in [0.4, 0.5) is 0 Å². The van der Waals surface area contributed by atoms with Crippen molar-refractivity contribution in [3.05, 3.63) is 0 Å². The first-order valence-electron chi connectivity index (χ1n) is 8.48. The first-order chi connectivity index (χ1) is 9.37. The molecule has 114 valence electrons. The number of rotatable bonds is 2. The SMILES string of the molecule is CC(C)C1NC2(CCCC2)C(=O)N1C1CCCC1(C)C. The standard InChI is InChI=1S/C17H30N2O/c1-12(2)14-18-17(10-5-6-11-17)15(20)19(14)13-8-7-9-16(13,3)4/h12-14,18H,5-11H2,1-4H3. The summed E-state index contributed by atoms with van der Waals surface area (Å²) in [5.74, 6) is 0.893. The zero-order valence-electron chi connectivity index (χ0n) is 13.5. The number of nitrogens with zero attached hydrogens (tertiary/aromatic N) is 1. The molecule has 3 fully saturated rings. The van der Waals surface area contributed by atoms with E-state index in [0.717, 1.165) is 12.8 Å². The third-order valence-corrected chi connectivity index (χ3v) is 5.99. The lowest BCUT2D eigenvalue weighted by atomic mass is 9.85. The molecule has 1 N–H and O–H groups in total. The maximum Gasteiger partial charge on any atom is 0.244 e. The predicted molar refractivity (Wildman–Crippen MR) is 81.2 cm³/mol. The summed E-state index contributed by atoms with van der Waals surface area (Å²) in [4.78, 5) is 15.4. The van der Waals surface area contributed by atoms with Crippen molar-refractivity contribution in [2.75, 3.05) is 0 Å². The van der Waals surface area contributed by atoms with Gasteiger partial charge >= 0.3 is 0 Å². The van der Waals surface area contributed by atoms with Gasteiger partial charge in [0.1, 0.15) is 0 Å². The fraction of sp³-hybridized carbons (Fsp3) is 0.941. The van der Waals surface area contributed by atoms with E-state index in [-0.39, 0.29) is 17.1 Å².